The van der Waals surface area contributed by atoms with E-state index in [1.54, 1.807) is 12.5 Å². The number of benzene rings is 1. The van der Waals surface area contributed by atoms with Crippen molar-refractivity contribution in [3.8, 4) is 5.75 Å². The maximum Gasteiger partial charge on any atom is 0.325 e. The predicted octanol–water partition coefficient (Wildman–Crippen LogP) is 1.89. The van der Waals surface area contributed by atoms with Crippen LogP contribution in [0.2, 0.25) is 0 Å². The van der Waals surface area contributed by atoms with Crippen LogP contribution in [0, 0.1) is 0 Å². The van der Waals surface area contributed by atoms with Gasteiger partial charge in [0.25, 0.3) is 0 Å². The molecule has 0 bridgehead atoms. The fourth-order valence-corrected chi connectivity index (χ4v) is 2.81. The Morgan fingerprint density at radius 1 is 1.39 bits per heavy atom. The first-order valence-corrected chi connectivity index (χ1v) is 7.89. The maximum absolute atomic E-state index is 11.7. The summed E-state index contributed by atoms with van der Waals surface area (Å²) in [6, 6.07) is 5.99. The van der Waals surface area contributed by atoms with Crippen LogP contribution in [0.15, 0.2) is 36.9 Å². The predicted molar refractivity (Wildman–Crippen MR) is 86.7 cm³/mol. The lowest BCUT2D eigenvalue weighted by molar-refractivity contribution is -0.141. The Morgan fingerprint density at radius 3 is 3.09 bits per heavy atom. The third kappa shape index (κ3) is 3.64. The fraction of sp³-hybridized carbons (Fsp3) is 0.412. The van der Waals surface area contributed by atoms with Crippen LogP contribution >= 0.6 is 0 Å². The van der Waals surface area contributed by atoms with E-state index >= 15 is 0 Å². The Labute approximate surface area is 135 Å². The van der Waals surface area contributed by atoms with Gasteiger partial charge >= 0.3 is 5.97 Å². The van der Waals surface area contributed by atoms with E-state index in [4.69, 9.17) is 9.47 Å². The fourth-order valence-electron chi connectivity index (χ4n) is 2.81. The average molecular weight is 315 g/mol. The second-order valence-corrected chi connectivity index (χ2v) is 5.38. The van der Waals surface area contributed by atoms with Crippen LogP contribution in [0.4, 0.5) is 5.69 Å². The van der Waals surface area contributed by atoms with Gasteiger partial charge in [-0.15, -0.1) is 0 Å². The van der Waals surface area contributed by atoms with Crippen LogP contribution in [0.25, 0.3) is 0 Å². The molecule has 0 aliphatic carbocycles. The van der Waals surface area contributed by atoms with Gasteiger partial charge in [0, 0.05) is 30.2 Å². The summed E-state index contributed by atoms with van der Waals surface area (Å²) in [5.74, 6) is 0.709. The Balaban J connectivity index is 1.63. The molecule has 0 saturated heterocycles. The molecular formula is C17H21N3O3. The molecule has 3 rings (SSSR count). The van der Waals surface area contributed by atoms with Crippen molar-refractivity contribution in [2.45, 2.75) is 19.9 Å². The van der Waals surface area contributed by atoms with Crippen LogP contribution in [-0.2, 0) is 22.5 Å². The minimum atomic E-state index is -0.188. The number of ether oxygens (including phenoxy) is 2. The lowest BCUT2D eigenvalue weighted by Gasteiger charge is -2.18. The number of fused-ring (bicyclic) bond motifs is 1. The second kappa shape index (κ2) is 7.17. The first-order chi connectivity index (χ1) is 11.3. The van der Waals surface area contributed by atoms with E-state index in [1.807, 2.05) is 35.9 Å². The van der Waals surface area contributed by atoms with E-state index in [1.165, 1.54) is 5.56 Å². The summed E-state index contributed by atoms with van der Waals surface area (Å²) < 4.78 is 12.9. The van der Waals surface area contributed by atoms with Gasteiger partial charge in [-0.25, -0.2) is 4.98 Å². The Hall–Kier alpha value is -2.50. The van der Waals surface area contributed by atoms with Gasteiger partial charge in [-0.1, -0.05) is 6.07 Å². The normalized spacial score (nSPS) is 13.0. The van der Waals surface area contributed by atoms with E-state index in [0.717, 1.165) is 30.9 Å². The number of imidazole rings is 1. The number of anilines is 1. The third-order valence-electron chi connectivity index (χ3n) is 3.87. The van der Waals surface area contributed by atoms with Gasteiger partial charge in [-0.3, -0.25) is 4.79 Å². The second-order valence-electron chi connectivity index (χ2n) is 5.38. The number of aromatic nitrogens is 2. The van der Waals surface area contributed by atoms with Crippen molar-refractivity contribution >= 4 is 11.7 Å². The highest BCUT2D eigenvalue weighted by molar-refractivity contribution is 5.78. The molecule has 1 aliphatic rings. The first-order valence-electron chi connectivity index (χ1n) is 7.89. The molecule has 0 spiro atoms. The van der Waals surface area contributed by atoms with Crippen molar-refractivity contribution in [2.75, 3.05) is 31.2 Å². The lowest BCUT2D eigenvalue weighted by atomic mass is 10.1. The number of nitrogens with zero attached hydrogens (tertiary/aromatic N) is 3. The number of esters is 1. The van der Waals surface area contributed by atoms with Crippen molar-refractivity contribution in [2.24, 2.45) is 0 Å². The summed E-state index contributed by atoms with van der Waals surface area (Å²) in [6.07, 6.45) is 6.34. The molecule has 2 aromatic rings. The standard InChI is InChI=1S/C17H21N3O3/c1-2-22-17(21)12-20-8-6-14-15(20)4-3-5-16(14)23-11-10-19-9-7-18-13-19/h3-5,7,9,13H,2,6,8,10-12H2,1H3. The number of hydrogen-bond acceptors (Lipinski definition) is 5. The minimum absolute atomic E-state index is 0.188. The van der Waals surface area contributed by atoms with Gasteiger partial charge in [0.05, 0.1) is 19.5 Å². The zero-order chi connectivity index (χ0) is 16.1. The molecule has 6 heteroatoms. The SMILES string of the molecule is CCOC(=O)CN1CCc2c(OCCn3ccnc3)cccc21. The van der Waals surface area contributed by atoms with E-state index in [9.17, 15) is 4.79 Å². The largest absolute Gasteiger partial charge is 0.491 e. The highest BCUT2D eigenvalue weighted by Gasteiger charge is 2.24. The molecule has 0 N–H and O–H groups in total. The topological polar surface area (TPSA) is 56.6 Å². The summed E-state index contributed by atoms with van der Waals surface area (Å²) in [5.41, 5.74) is 2.24. The van der Waals surface area contributed by atoms with Gasteiger partial charge in [0.15, 0.2) is 0 Å². The van der Waals surface area contributed by atoms with Gasteiger partial charge in [0.1, 0.15) is 18.9 Å². The average Bonchev–Trinajstić information content (AvgIpc) is 3.18. The van der Waals surface area contributed by atoms with Crippen LogP contribution in [0.5, 0.6) is 5.75 Å². The summed E-state index contributed by atoms with van der Waals surface area (Å²) in [4.78, 5) is 17.8. The molecule has 0 atom stereocenters. The number of carbonyl (C=O) groups excluding carboxylic acids is 1. The number of rotatable bonds is 7. The van der Waals surface area contributed by atoms with E-state index in [2.05, 4.69) is 9.88 Å². The number of hydrogen-bond donors (Lipinski definition) is 0. The molecule has 0 fully saturated rings. The Morgan fingerprint density at radius 2 is 2.30 bits per heavy atom. The molecule has 0 amide bonds. The summed E-state index contributed by atoms with van der Waals surface area (Å²) in [5, 5.41) is 0. The zero-order valence-corrected chi connectivity index (χ0v) is 13.3. The van der Waals surface area contributed by atoms with Crippen LogP contribution < -0.4 is 9.64 Å². The quantitative estimate of drug-likeness (QED) is 0.730. The van der Waals surface area contributed by atoms with Crippen molar-refractivity contribution in [1.82, 2.24) is 9.55 Å². The minimum Gasteiger partial charge on any atom is -0.491 e. The molecular weight excluding hydrogens is 294 g/mol. The highest BCUT2D eigenvalue weighted by atomic mass is 16.5. The number of carbonyl (C=O) groups is 1. The van der Waals surface area contributed by atoms with E-state index < -0.39 is 0 Å². The Bertz CT molecular complexity index is 655. The smallest absolute Gasteiger partial charge is 0.325 e. The molecule has 122 valence electrons. The molecule has 1 aliphatic heterocycles. The van der Waals surface area contributed by atoms with Crippen molar-refractivity contribution < 1.29 is 14.3 Å². The summed E-state index contributed by atoms with van der Waals surface area (Å²) in [6.45, 7) is 4.69. The third-order valence-corrected chi connectivity index (χ3v) is 3.87. The summed E-state index contributed by atoms with van der Waals surface area (Å²) in [7, 11) is 0. The van der Waals surface area contributed by atoms with Crippen LogP contribution in [0.3, 0.4) is 0 Å². The van der Waals surface area contributed by atoms with Gasteiger partial charge in [-0.05, 0) is 25.5 Å². The highest BCUT2D eigenvalue weighted by Crippen LogP contribution is 2.34. The van der Waals surface area contributed by atoms with Gasteiger partial charge in [0.2, 0.25) is 0 Å². The van der Waals surface area contributed by atoms with Crippen molar-refractivity contribution in [3.05, 3.63) is 42.5 Å². The molecule has 2 heterocycles. The summed E-state index contributed by atoms with van der Waals surface area (Å²) >= 11 is 0. The van der Waals surface area contributed by atoms with Crippen LogP contribution in [-0.4, -0.2) is 41.8 Å². The molecule has 6 nitrogen and oxygen atoms in total. The Kier molecular flexibility index (Phi) is 4.80. The molecule has 0 saturated carbocycles. The first kappa shape index (κ1) is 15.4. The van der Waals surface area contributed by atoms with Crippen LogP contribution in [0.1, 0.15) is 12.5 Å². The monoisotopic (exact) mass is 315 g/mol. The lowest BCUT2D eigenvalue weighted by Crippen LogP contribution is -2.29. The molecule has 1 aromatic heterocycles. The molecule has 23 heavy (non-hydrogen) atoms. The molecule has 0 unspecified atom stereocenters. The zero-order valence-electron chi connectivity index (χ0n) is 13.3. The maximum atomic E-state index is 11.7. The van der Waals surface area contributed by atoms with Gasteiger partial charge < -0.3 is 18.9 Å². The van der Waals surface area contributed by atoms with Crippen molar-refractivity contribution in [3.63, 3.8) is 0 Å². The van der Waals surface area contributed by atoms with E-state index in [-0.39, 0.29) is 5.97 Å². The van der Waals surface area contributed by atoms with Crippen molar-refractivity contribution in [1.29, 1.82) is 0 Å². The van der Waals surface area contributed by atoms with Gasteiger partial charge in [-0.2, -0.15) is 0 Å². The van der Waals surface area contributed by atoms with E-state index in [0.29, 0.717) is 19.8 Å². The molecule has 1 aromatic carbocycles. The molecule has 0 radical (unpaired) electrons.